The second kappa shape index (κ2) is 4.38. The van der Waals surface area contributed by atoms with Crippen molar-refractivity contribution in [3.05, 3.63) is 11.2 Å². The van der Waals surface area contributed by atoms with E-state index in [1.807, 2.05) is 20.8 Å². The van der Waals surface area contributed by atoms with Gasteiger partial charge in [0.2, 0.25) is 0 Å². The third-order valence-corrected chi connectivity index (χ3v) is 0.927. The van der Waals surface area contributed by atoms with Crippen LogP contribution in [0.15, 0.2) is 11.2 Å². The fourth-order valence-corrected chi connectivity index (χ4v) is 0.539. The minimum atomic E-state index is -0.451. The number of nitrogens with one attached hydrogen (secondary N) is 1. The molecule has 0 saturated carbocycles. The van der Waals surface area contributed by atoms with Gasteiger partial charge in [-0.05, 0) is 25.8 Å². The number of halogens is 1. The van der Waals surface area contributed by atoms with Crippen LogP contribution in [0, 0.1) is 0 Å². The molecule has 0 saturated heterocycles. The van der Waals surface area contributed by atoms with Crippen molar-refractivity contribution >= 4 is 22.0 Å². The third-order valence-electron chi connectivity index (χ3n) is 0.663. The molecule has 11 heavy (non-hydrogen) atoms. The lowest BCUT2D eigenvalue weighted by atomic mass is 10.2. The third kappa shape index (κ3) is 7.39. The van der Waals surface area contributed by atoms with Gasteiger partial charge in [0.25, 0.3) is 0 Å². The second-order valence-corrected chi connectivity index (χ2v) is 3.47. The molecule has 4 heteroatoms. The number of amides is 1. The summed E-state index contributed by atoms with van der Waals surface area (Å²) < 4.78 is 4.92. The van der Waals surface area contributed by atoms with Gasteiger partial charge in [0, 0.05) is 6.20 Å². The van der Waals surface area contributed by atoms with E-state index in [2.05, 4.69) is 21.2 Å². The van der Waals surface area contributed by atoms with Gasteiger partial charge in [0.05, 0.1) is 0 Å². The van der Waals surface area contributed by atoms with Crippen molar-refractivity contribution < 1.29 is 9.53 Å². The summed E-state index contributed by atoms with van der Waals surface area (Å²) in [6, 6.07) is 0. The Bertz CT molecular complexity index is 160. The van der Waals surface area contributed by atoms with Crippen molar-refractivity contribution in [2.45, 2.75) is 26.4 Å². The van der Waals surface area contributed by atoms with Gasteiger partial charge in [0.15, 0.2) is 0 Å². The molecule has 0 fully saturated rings. The molecule has 0 unspecified atom stereocenters. The second-order valence-electron chi connectivity index (χ2n) is 2.94. The molecule has 0 spiro atoms. The zero-order valence-corrected chi connectivity index (χ0v) is 8.44. The van der Waals surface area contributed by atoms with Crippen LogP contribution in [0.3, 0.4) is 0 Å². The Morgan fingerprint density at radius 3 is 2.45 bits per heavy atom. The minimum absolute atomic E-state index is 0.440. The molecular weight excluding hydrogens is 210 g/mol. The van der Waals surface area contributed by atoms with Crippen LogP contribution in [-0.2, 0) is 4.74 Å². The van der Waals surface area contributed by atoms with E-state index in [4.69, 9.17) is 4.74 Å². The first kappa shape index (κ1) is 10.5. The summed E-state index contributed by atoms with van der Waals surface area (Å²) in [6.45, 7) is 5.43. The van der Waals surface area contributed by atoms with E-state index < -0.39 is 11.7 Å². The highest BCUT2D eigenvalue weighted by atomic mass is 79.9. The standard InChI is InChI=1S/C7H12BrNO2/c1-7(2,3)11-6(10)9-5-4-8/h4-5H,1-3H3,(H,9,10)/b5-4+. The summed E-state index contributed by atoms with van der Waals surface area (Å²) in [6.07, 6.45) is 1.00. The number of rotatable bonds is 1. The van der Waals surface area contributed by atoms with E-state index in [1.54, 1.807) is 0 Å². The summed E-state index contributed by atoms with van der Waals surface area (Å²) in [5.74, 6) is 0. The Morgan fingerprint density at radius 1 is 1.55 bits per heavy atom. The summed E-state index contributed by atoms with van der Waals surface area (Å²) in [5.41, 5.74) is -0.440. The van der Waals surface area contributed by atoms with Crippen LogP contribution in [0.1, 0.15) is 20.8 Å². The highest BCUT2D eigenvalue weighted by molar-refractivity contribution is 9.11. The molecule has 0 radical (unpaired) electrons. The average molecular weight is 222 g/mol. The maximum atomic E-state index is 10.8. The van der Waals surface area contributed by atoms with Gasteiger partial charge in [0.1, 0.15) is 5.60 Å². The van der Waals surface area contributed by atoms with Crippen LogP contribution in [-0.4, -0.2) is 11.7 Å². The van der Waals surface area contributed by atoms with E-state index in [-0.39, 0.29) is 0 Å². The number of ether oxygens (including phenoxy) is 1. The molecular formula is C7H12BrNO2. The first-order valence-corrected chi connectivity index (χ1v) is 4.12. The number of hydrogen-bond donors (Lipinski definition) is 1. The largest absolute Gasteiger partial charge is 0.444 e. The topological polar surface area (TPSA) is 38.3 Å². The van der Waals surface area contributed by atoms with E-state index in [0.29, 0.717) is 0 Å². The van der Waals surface area contributed by atoms with Crippen LogP contribution in [0.2, 0.25) is 0 Å². The predicted octanol–water partition coefficient (Wildman–Crippen LogP) is 2.38. The molecule has 0 bridgehead atoms. The maximum Gasteiger partial charge on any atom is 0.411 e. The van der Waals surface area contributed by atoms with Gasteiger partial charge in [-0.3, -0.25) is 5.32 Å². The van der Waals surface area contributed by atoms with E-state index in [0.717, 1.165) is 0 Å². The fraction of sp³-hybridized carbons (Fsp3) is 0.571. The van der Waals surface area contributed by atoms with Crippen LogP contribution < -0.4 is 5.32 Å². The normalized spacial score (nSPS) is 11.6. The van der Waals surface area contributed by atoms with Crippen LogP contribution in [0.5, 0.6) is 0 Å². The van der Waals surface area contributed by atoms with Crippen LogP contribution >= 0.6 is 15.9 Å². The molecule has 0 aliphatic carbocycles. The van der Waals surface area contributed by atoms with Gasteiger partial charge in [-0.1, -0.05) is 15.9 Å². The molecule has 1 N–H and O–H groups in total. The minimum Gasteiger partial charge on any atom is -0.444 e. The lowest BCUT2D eigenvalue weighted by Crippen LogP contribution is -2.29. The number of carbonyl (C=O) groups is 1. The van der Waals surface area contributed by atoms with Gasteiger partial charge in [-0.2, -0.15) is 0 Å². The first-order chi connectivity index (χ1) is 4.95. The Kier molecular flexibility index (Phi) is 4.18. The molecule has 0 aromatic carbocycles. The predicted molar refractivity (Wildman–Crippen MR) is 47.4 cm³/mol. The molecule has 0 heterocycles. The van der Waals surface area contributed by atoms with Gasteiger partial charge >= 0.3 is 6.09 Å². The Labute approximate surface area is 74.9 Å². The Hall–Kier alpha value is -0.510. The molecule has 0 aliphatic rings. The van der Waals surface area contributed by atoms with Crippen LogP contribution in [0.4, 0.5) is 4.79 Å². The number of alkyl carbamates (subject to hydrolysis) is 1. The zero-order chi connectivity index (χ0) is 8.91. The summed E-state index contributed by atoms with van der Waals surface area (Å²) in [7, 11) is 0. The maximum absolute atomic E-state index is 10.8. The molecule has 1 amide bonds. The molecule has 0 rings (SSSR count). The van der Waals surface area contributed by atoms with Crippen LogP contribution in [0.25, 0.3) is 0 Å². The molecule has 0 aromatic heterocycles. The summed E-state index contributed by atoms with van der Waals surface area (Å²) in [5, 5.41) is 2.40. The van der Waals surface area contributed by atoms with Crippen molar-refractivity contribution in [3.63, 3.8) is 0 Å². The van der Waals surface area contributed by atoms with Crippen molar-refractivity contribution in [3.8, 4) is 0 Å². The molecule has 0 atom stereocenters. The lowest BCUT2D eigenvalue weighted by molar-refractivity contribution is 0.0552. The van der Waals surface area contributed by atoms with Gasteiger partial charge in [-0.15, -0.1) is 0 Å². The first-order valence-electron chi connectivity index (χ1n) is 3.20. The quantitative estimate of drug-likeness (QED) is 0.739. The van der Waals surface area contributed by atoms with Crippen molar-refractivity contribution in [2.24, 2.45) is 0 Å². The fourth-order valence-electron chi connectivity index (χ4n) is 0.407. The van der Waals surface area contributed by atoms with E-state index >= 15 is 0 Å². The Balaban J connectivity index is 3.70. The molecule has 64 valence electrons. The summed E-state index contributed by atoms with van der Waals surface area (Å²) >= 11 is 3.01. The van der Waals surface area contributed by atoms with E-state index in [9.17, 15) is 4.79 Å². The highest BCUT2D eigenvalue weighted by Crippen LogP contribution is 2.06. The monoisotopic (exact) mass is 221 g/mol. The lowest BCUT2D eigenvalue weighted by Gasteiger charge is -2.18. The average Bonchev–Trinajstić information content (AvgIpc) is 1.79. The number of carbonyl (C=O) groups excluding carboxylic acids is 1. The molecule has 3 nitrogen and oxygen atoms in total. The SMILES string of the molecule is CC(C)(C)OC(=O)N/C=C/Br. The van der Waals surface area contributed by atoms with Crippen molar-refractivity contribution in [1.29, 1.82) is 0 Å². The Morgan fingerprint density at radius 2 is 2.09 bits per heavy atom. The van der Waals surface area contributed by atoms with Crippen molar-refractivity contribution in [2.75, 3.05) is 0 Å². The smallest absolute Gasteiger partial charge is 0.411 e. The van der Waals surface area contributed by atoms with Gasteiger partial charge in [-0.25, -0.2) is 4.79 Å². The van der Waals surface area contributed by atoms with Crippen molar-refractivity contribution in [1.82, 2.24) is 5.32 Å². The van der Waals surface area contributed by atoms with E-state index in [1.165, 1.54) is 11.2 Å². The molecule has 0 aromatic rings. The number of hydrogen-bond acceptors (Lipinski definition) is 2. The highest BCUT2D eigenvalue weighted by Gasteiger charge is 2.14. The van der Waals surface area contributed by atoms with Gasteiger partial charge < -0.3 is 4.74 Å². The summed E-state index contributed by atoms with van der Waals surface area (Å²) in [4.78, 5) is 12.4. The zero-order valence-electron chi connectivity index (χ0n) is 6.85. The molecule has 0 aliphatic heterocycles.